The second-order valence-corrected chi connectivity index (χ2v) is 6.82. The van der Waals surface area contributed by atoms with Gasteiger partial charge in [0.25, 0.3) is 5.91 Å². The van der Waals surface area contributed by atoms with Crippen molar-refractivity contribution in [3.63, 3.8) is 0 Å². The van der Waals surface area contributed by atoms with E-state index in [0.29, 0.717) is 29.8 Å². The normalized spacial score (nSPS) is 15.7. The number of piperidine rings is 1. The van der Waals surface area contributed by atoms with Crippen LogP contribution < -0.4 is 5.32 Å². The Bertz CT molecular complexity index is 891. The Morgan fingerprint density at radius 1 is 1.26 bits per heavy atom. The number of alkyl halides is 1. The summed E-state index contributed by atoms with van der Waals surface area (Å²) in [7, 11) is 0. The van der Waals surface area contributed by atoms with E-state index in [1.54, 1.807) is 47.5 Å². The fourth-order valence-corrected chi connectivity index (χ4v) is 3.40. The Hall–Kier alpha value is -3.13. The predicted octanol–water partition coefficient (Wildman–Crippen LogP) is 4.52. The first kappa shape index (κ1) is 18.7. The fraction of sp³-hybridized carbons (Fsp3) is 0.273. The molecular formula is C22H22FN3O. The first-order valence-corrected chi connectivity index (χ1v) is 8.94. The van der Waals surface area contributed by atoms with Crippen LogP contribution in [-0.4, -0.2) is 23.9 Å². The largest absolute Gasteiger partial charge is 0.362 e. The minimum atomic E-state index is -1.46. The smallest absolute Gasteiger partial charge is 0.253 e. The zero-order valence-electron chi connectivity index (χ0n) is 15.3. The average molecular weight is 363 g/mol. The van der Waals surface area contributed by atoms with Crippen LogP contribution in [-0.2, 0) is 5.67 Å². The van der Waals surface area contributed by atoms with Gasteiger partial charge in [0.15, 0.2) is 0 Å². The molecule has 0 unspecified atom stereocenters. The zero-order chi connectivity index (χ0) is 19.4. The molecule has 1 saturated heterocycles. The first-order chi connectivity index (χ1) is 13.0. The molecule has 1 N–H and O–H groups in total. The van der Waals surface area contributed by atoms with Crippen molar-refractivity contribution in [1.82, 2.24) is 4.90 Å². The Morgan fingerprint density at radius 3 is 2.52 bits per heavy atom. The molecule has 1 aliphatic rings. The number of rotatable bonds is 4. The van der Waals surface area contributed by atoms with Gasteiger partial charge in [0.05, 0.1) is 11.6 Å². The number of carbonyl (C=O) groups is 1. The number of nitrogens with one attached hydrogen (secondary N) is 1. The van der Waals surface area contributed by atoms with Crippen molar-refractivity contribution in [2.45, 2.75) is 25.4 Å². The SMILES string of the molecule is C=CNc1cc(C(=O)N2CCC(F)(c3ccc(C#N)cc3)CC2)ccc1C. The fourth-order valence-electron chi connectivity index (χ4n) is 3.40. The minimum absolute atomic E-state index is 0.0935. The van der Waals surface area contributed by atoms with Crippen LogP contribution >= 0.6 is 0 Å². The third kappa shape index (κ3) is 3.85. The summed E-state index contributed by atoms with van der Waals surface area (Å²) in [6.45, 7) is 6.31. The van der Waals surface area contributed by atoms with Crippen LogP contribution in [0.3, 0.4) is 0 Å². The van der Waals surface area contributed by atoms with Gasteiger partial charge in [-0.2, -0.15) is 5.26 Å². The third-order valence-electron chi connectivity index (χ3n) is 5.12. The lowest BCUT2D eigenvalue weighted by atomic mass is 9.85. The van der Waals surface area contributed by atoms with Gasteiger partial charge in [-0.3, -0.25) is 4.79 Å². The molecule has 3 rings (SSSR count). The van der Waals surface area contributed by atoms with Crippen molar-refractivity contribution < 1.29 is 9.18 Å². The Morgan fingerprint density at radius 2 is 1.93 bits per heavy atom. The van der Waals surface area contributed by atoms with Crippen LogP contribution in [0.25, 0.3) is 0 Å². The Labute approximate surface area is 158 Å². The third-order valence-corrected chi connectivity index (χ3v) is 5.12. The van der Waals surface area contributed by atoms with E-state index in [4.69, 9.17) is 5.26 Å². The lowest BCUT2D eigenvalue weighted by Crippen LogP contribution is -2.43. The number of amides is 1. The van der Waals surface area contributed by atoms with Crippen molar-refractivity contribution in [3.05, 3.63) is 77.5 Å². The van der Waals surface area contributed by atoms with Gasteiger partial charge in [0.1, 0.15) is 5.67 Å². The highest BCUT2D eigenvalue weighted by Gasteiger charge is 2.37. The quantitative estimate of drug-likeness (QED) is 0.869. The standard InChI is InChI=1S/C22H22FN3O/c1-3-25-20-14-18(7-4-16(20)2)21(27)26-12-10-22(23,11-13-26)19-8-5-17(15-24)6-9-19/h3-9,14,25H,1,10-13H2,2H3. The van der Waals surface area contributed by atoms with E-state index < -0.39 is 5.67 Å². The summed E-state index contributed by atoms with van der Waals surface area (Å²) in [6, 6.07) is 14.1. The Balaban J connectivity index is 1.71. The van der Waals surface area contributed by atoms with Crippen LogP contribution in [0.4, 0.5) is 10.1 Å². The van der Waals surface area contributed by atoms with Crippen molar-refractivity contribution in [2.24, 2.45) is 0 Å². The molecular weight excluding hydrogens is 341 g/mol. The second-order valence-electron chi connectivity index (χ2n) is 6.82. The summed E-state index contributed by atoms with van der Waals surface area (Å²) >= 11 is 0. The lowest BCUT2D eigenvalue weighted by molar-refractivity contribution is 0.0421. The van der Waals surface area contributed by atoms with E-state index in [9.17, 15) is 4.79 Å². The molecule has 2 aromatic rings. The van der Waals surface area contributed by atoms with E-state index in [0.717, 1.165) is 11.3 Å². The Kier molecular flexibility index (Phi) is 5.27. The van der Waals surface area contributed by atoms with Gasteiger partial charge in [-0.15, -0.1) is 0 Å². The molecule has 0 aliphatic carbocycles. The minimum Gasteiger partial charge on any atom is -0.362 e. The maximum atomic E-state index is 15.4. The molecule has 1 heterocycles. The molecule has 0 bridgehead atoms. The number of likely N-dealkylation sites (tertiary alicyclic amines) is 1. The molecule has 138 valence electrons. The number of halogens is 1. The van der Waals surface area contributed by atoms with Gasteiger partial charge in [0.2, 0.25) is 0 Å². The summed E-state index contributed by atoms with van der Waals surface area (Å²) in [5.74, 6) is -0.0935. The van der Waals surface area contributed by atoms with E-state index in [-0.39, 0.29) is 18.7 Å². The van der Waals surface area contributed by atoms with Crippen molar-refractivity contribution in [1.29, 1.82) is 5.26 Å². The van der Waals surface area contributed by atoms with Crippen molar-refractivity contribution >= 4 is 11.6 Å². The highest BCUT2D eigenvalue weighted by molar-refractivity contribution is 5.95. The number of aryl methyl sites for hydroxylation is 1. The van der Waals surface area contributed by atoms with Gasteiger partial charge >= 0.3 is 0 Å². The van der Waals surface area contributed by atoms with E-state index in [1.807, 2.05) is 19.1 Å². The number of anilines is 1. The molecule has 0 radical (unpaired) electrons. The zero-order valence-corrected chi connectivity index (χ0v) is 15.3. The summed E-state index contributed by atoms with van der Waals surface area (Å²) < 4.78 is 15.4. The van der Waals surface area contributed by atoms with E-state index in [2.05, 4.69) is 11.9 Å². The molecule has 0 atom stereocenters. The van der Waals surface area contributed by atoms with Crippen molar-refractivity contribution in [3.8, 4) is 6.07 Å². The number of hydrogen-bond donors (Lipinski definition) is 1. The summed E-state index contributed by atoms with van der Waals surface area (Å²) in [6.07, 6.45) is 2.06. The van der Waals surface area contributed by atoms with E-state index >= 15 is 4.39 Å². The molecule has 2 aromatic carbocycles. The van der Waals surface area contributed by atoms with Crippen molar-refractivity contribution in [2.75, 3.05) is 18.4 Å². The number of nitriles is 1. The van der Waals surface area contributed by atoms with Gasteiger partial charge in [-0.25, -0.2) is 4.39 Å². The molecule has 0 spiro atoms. The number of nitrogens with zero attached hydrogens (tertiary/aromatic N) is 2. The van der Waals surface area contributed by atoms with E-state index in [1.165, 1.54) is 0 Å². The van der Waals surface area contributed by atoms with Gasteiger partial charge in [0, 0.05) is 37.2 Å². The molecule has 1 fully saturated rings. The van der Waals surface area contributed by atoms with Crippen LogP contribution in [0.2, 0.25) is 0 Å². The number of benzene rings is 2. The summed E-state index contributed by atoms with van der Waals surface area (Å²) in [5, 5.41) is 11.9. The average Bonchev–Trinajstić information content (AvgIpc) is 2.70. The van der Waals surface area contributed by atoms with Crippen LogP contribution in [0.1, 0.15) is 39.9 Å². The van der Waals surface area contributed by atoms with Crippen LogP contribution in [0, 0.1) is 18.3 Å². The monoisotopic (exact) mass is 363 g/mol. The summed E-state index contributed by atoms with van der Waals surface area (Å²) in [5.41, 5.74) is 2.06. The highest BCUT2D eigenvalue weighted by Crippen LogP contribution is 2.37. The molecule has 0 aromatic heterocycles. The molecule has 0 saturated carbocycles. The first-order valence-electron chi connectivity index (χ1n) is 8.94. The lowest BCUT2D eigenvalue weighted by Gasteiger charge is -2.37. The second kappa shape index (κ2) is 7.63. The highest BCUT2D eigenvalue weighted by atomic mass is 19.1. The predicted molar refractivity (Wildman–Crippen MR) is 104 cm³/mol. The topological polar surface area (TPSA) is 56.1 Å². The molecule has 5 heteroatoms. The maximum absolute atomic E-state index is 15.4. The van der Waals surface area contributed by atoms with Crippen LogP contribution in [0.15, 0.2) is 55.2 Å². The van der Waals surface area contributed by atoms with Gasteiger partial charge in [-0.1, -0.05) is 24.8 Å². The maximum Gasteiger partial charge on any atom is 0.253 e. The molecule has 27 heavy (non-hydrogen) atoms. The number of carbonyl (C=O) groups excluding carboxylic acids is 1. The van der Waals surface area contributed by atoms with Gasteiger partial charge in [-0.05, 0) is 48.5 Å². The molecule has 1 amide bonds. The molecule has 4 nitrogen and oxygen atoms in total. The van der Waals surface area contributed by atoms with Crippen LogP contribution in [0.5, 0.6) is 0 Å². The summed E-state index contributed by atoms with van der Waals surface area (Å²) in [4.78, 5) is 14.5. The number of hydrogen-bond acceptors (Lipinski definition) is 3. The van der Waals surface area contributed by atoms with Gasteiger partial charge < -0.3 is 10.2 Å². The molecule has 1 aliphatic heterocycles.